The lowest BCUT2D eigenvalue weighted by molar-refractivity contribution is 0.552. The van der Waals surface area contributed by atoms with Gasteiger partial charge in [-0.2, -0.15) is 8.42 Å². The van der Waals surface area contributed by atoms with Gasteiger partial charge in [-0.3, -0.25) is 0 Å². The van der Waals surface area contributed by atoms with Crippen LogP contribution >= 0.6 is 15.9 Å². The minimum Gasteiger partial charge on any atom is -0.438 e. The van der Waals surface area contributed by atoms with E-state index in [0.717, 1.165) is 15.6 Å². The first kappa shape index (κ1) is 14.3. The van der Waals surface area contributed by atoms with Gasteiger partial charge in [0.25, 0.3) is 10.0 Å². The standard InChI is InChI=1S/C15H12BrNO3S/c1-9-7-11(8-10(2)14(9)16)20-15-12-5-3-4-6-13(12)21(18,19)17-15/h3-8H,1-2H3. The smallest absolute Gasteiger partial charge is 0.286 e. The van der Waals surface area contributed by atoms with Crippen LogP contribution in [0.2, 0.25) is 0 Å². The molecule has 0 aromatic heterocycles. The maximum absolute atomic E-state index is 12.0. The molecule has 4 nitrogen and oxygen atoms in total. The molecule has 0 atom stereocenters. The number of ether oxygens (including phenoxy) is 1. The van der Waals surface area contributed by atoms with Crippen LogP contribution < -0.4 is 4.74 Å². The zero-order valence-corrected chi connectivity index (χ0v) is 13.8. The summed E-state index contributed by atoms with van der Waals surface area (Å²) in [6.45, 7) is 3.90. The van der Waals surface area contributed by atoms with Crippen LogP contribution in [0.5, 0.6) is 5.75 Å². The molecule has 21 heavy (non-hydrogen) atoms. The Balaban J connectivity index is 2.04. The quantitative estimate of drug-likeness (QED) is 0.775. The van der Waals surface area contributed by atoms with Crippen LogP contribution in [0.15, 0.2) is 50.2 Å². The first-order valence-corrected chi connectivity index (χ1v) is 8.51. The number of hydrogen-bond acceptors (Lipinski definition) is 3. The lowest BCUT2D eigenvalue weighted by Gasteiger charge is -2.09. The van der Waals surface area contributed by atoms with Crippen molar-refractivity contribution in [1.82, 2.24) is 0 Å². The zero-order chi connectivity index (χ0) is 15.2. The maximum atomic E-state index is 12.0. The molecule has 0 radical (unpaired) electrons. The number of benzene rings is 2. The van der Waals surface area contributed by atoms with Crippen LogP contribution in [0.25, 0.3) is 0 Å². The molecule has 0 saturated heterocycles. The number of fused-ring (bicyclic) bond motifs is 1. The second-order valence-corrected chi connectivity index (χ2v) is 7.21. The van der Waals surface area contributed by atoms with E-state index in [0.29, 0.717) is 11.3 Å². The number of sulfonamides is 1. The third-order valence-corrected chi connectivity index (χ3v) is 5.79. The summed E-state index contributed by atoms with van der Waals surface area (Å²) < 4.78 is 34.4. The SMILES string of the molecule is Cc1cc(OC2=NS(=O)(=O)c3ccccc32)cc(C)c1Br. The van der Waals surface area contributed by atoms with Crippen LogP contribution in [0, 0.1) is 13.8 Å². The van der Waals surface area contributed by atoms with E-state index in [1.54, 1.807) is 18.2 Å². The molecule has 2 aromatic carbocycles. The average Bonchev–Trinajstić information content (AvgIpc) is 2.68. The Kier molecular flexibility index (Phi) is 3.37. The number of rotatable bonds is 1. The summed E-state index contributed by atoms with van der Waals surface area (Å²) in [5.74, 6) is 0.686. The van der Waals surface area contributed by atoms with E-state index >= 15 is 0 Å². The van der Waals surface area contributed by atoms with Crippen LogP contribution in [0.1, 0.15) is 16.7 Å². The first-order chi connectivity index (χ1) is 9.88. The fourth-order valence-corrected chi connectivity index (χ4v) is 3.59. The molecule has 0 bridgehead atoms. The maximum Gasteiger partial charge on any atom is 0.286 e. The normalized spacial score (nSPS) is 15.5. The summed E-state index contributed by atoms with van der Waals surface area (Å²) >= 11 is 3.49. The molecule has 1 heterocycles. The molecule has 6 heteroatoms. The van der Waals surface area contributed by atoms with Crippen molar-refractivity contribution in [2.24, 2.45) is 4.40 Å². The van der Waals surface area contributed by atoms with Gasteiger partial charge >= 0.3 is 0 Å². The van der Waals surface area contributed by atoms with Gasteiger partial charge in [-0.15, -0.1) is 4.40 Å². The summed E-state index contributed by atoms with van der Waals surface area (Å²) in [6, 6.07) is 10.3. The number of hydrogen-bond donors (Lipinski definition) is 0. The van der Waals surface area contributed by atoms with Crippen LogP contribution in [-0.4, -0.2) is 14.3 Å². The highest BCUT2D eigenvalue weighted by molar-refractivity contribution is 9.10. The number of halogens is 1. The van der Waals surface area contributed by atoms with Gasteiger partial charge in [0.2, 0.25) is 5.90 Å². The van der Waals surface area contributed by atoms with Crippen molar-refractivity contribution in [1.29, 1.82) is 0 Å². The van der Waals surface area contributed by atoms with Gasteiger partial charge in [0, 0.05) is 4.47 Å². The molecule has 0 spiro atoms. The van der Waals surface area contributed by atoms with Gasteiger partial charge in [0.05, 0.1) is 5.56 Å². The van der Waals surface area contributed by atoms with Crippen molar-refractivity contribution in [3.63, 3.8) is 0 Å². The predicted octanol–water partition coefficient (Wildman–Crippen LogP) is 3.59. The summed E-state index contributed by atoms with van der Waals surface area (Å²) in [4.78, 5) is 0.186. The van der Waals surface area contributed by atoms with E-state index in [4.69, 9.17) is 4.74 Å². The summed E-state index contributed by atoms with van der Waals surface area (Å²) in [6.07, 6.45) is 0. The third-order valence-electron chi connectivity index (χ3n) is 3.22. The second kappa shape index (κ2) is 4.96. The minimum absolute atomic E-state index is 0.117. The Labute approximate surface area is 131 Å². The van der Waals surface area contributed by atoms with Crippen molar-refractivity contribution < 1.29 is 13.2 Å². The summed E-state index contributed by atoms with van der Waals surface area (Å²) in [5.41, 5.74) is 2.52. The Morgan fingerprint density at radius 1 is 1.10 bits per heavy atom. The molecule has 0 saturated carbocycles. The van der Waals surface area contributed by atoms with E-state index in [1.807, 2.05) is 26.0 Å². The van der Waals surface area contributed by atoms with Gasteiger partial charge < -0.3 is 4.74 Å². The van der Waals surface area contributed by atoms with E-state index < -0.39 is 10.0 Å². The molecule has 0 amide bonds. The van der Waals surface area contributed by atoms with E-state index in [1.165, 1.54) is 6.07 Å². The molecule has 108 valence electrons. The lowest BCUT2D eigenvalue weighted by Crippen LogP contribution is -2.08. The Bertz CT molecular complexity index is 849. The van der Waals surface area contributed by atoms with Crippen molar-refractivity contribution >= 4 is 31.9 Å². The van der Waals surface area contributed by atoms with Crippen molar-refractivity contribution in [3.8, 4) is 5.75 Å². The molecule has 1 aliphatic heterocycles. The van der Waals surface area contributed by atoms with Gasteiger partial charge in [0.15, 0.2) is 0 Å². The monoisotopic (exact) mass is 365 g/mol. The molecular weight excluding hydrogens is 354 g/mol. The highest BCUT2D eigenvalue weighted by Gasteiger charge is 2.30. The summed E-state index contributed by atoms with van der Waals surface area (Å²) in [5, 5.41) is 0. The summed E-state index contributed by atoms with van der Waals surface area (Å²) in [7, 11) is -3.65. The van der Waals surface area contributed by atoms with Crippen LogP contribution in [0.4, 0.5) is 0 Å². The van der Waals surface area contributed by atoms with Gasteiger partial charge in [-0.25, -0.2) is 0 Å². The molecule has 0 N–H and O–H groups in total. The minimum atomic E-state index is -3.65. The van der Waals surface area contributed by atoms with Gasteiger partial charge in [0.1, 0.15) is 10.6 Å². The van der Waals surface area contributed by atoms with Gasteiger partial charge in [-0.1, -0.05) is 28.1 Å². The molecule has 0 aliphatic carbocycles. The molecular formula is C15H12BrNO3S. The van der Waals surface area contributed by atoms with Crippen molar-refractivity contribution in [2.75, 3.05) is 0 Å². The Morgan fingerprint density at radius 3 is 2.38 bits per heavy atom. The third kappa shape index (κ3) is 2.49. The lowest BCUT2D eigenvalue weighted by atomic mass is 10.1. The molecule has 0 fully saturated rings. The first-order valence-electron chi connectivity index (χ1n) is 6.27. The largest absolute Gasteiger partial charge is 0.438 e. The number of nitrogens with zero attached hydrogens (tertiary/aromatic N) is 1. The topological polar surface area (TPSA) is 55.7 Å². The zero-order valence-electron chi connectivity index (χ0n) is 11.4. The van der Waals surface area contributed by atoms with E-state index in [-0.39, 0.29) is 10.8 Å². The Hall–Kier alpha value is -1.66. The Morgan fingerprint density at radius 2 is 1.71 bits per heavy atom. The van der Waals surface area contributed by atoms with E-state index in [9.17, 15) is 8.42 Å². The molecule has 0 unspecified atom stereocenters. The van der Waals surface area contributed by atoms with Crippen molar-refractivity contribution in [2.45, 2.75) is 18.7 Å². The molecule has 2 aromatic rings. The fraction of sp³-hybridized carbons (Fsp3) is 0.133. The fourth-order valence-electron chi connectivity index (χ4n) is 2.23. The van der Waals surface area contributed by atoms with Crippen LogP contribution in [0.3, 0.4) is 0 Å². The van der Waals surface area contributed by atoms with Crippen LogP contribution in [-0.2, 0) is 10.0 Å². The highest BCUT2D eigenvalue weighted by Crippen LogP contribution is 2.30. The highest BCUT2D eigenvalue weighted by atomic mass is 79.9. The molecule has 1 aliphatic rings. The van der Waals surface area contributed by atoms with Gasteiger partial charge in [-0.05, 0) is 49.2 Å². The average molecular weight is 366 g/mol. The van der Waals surface area contributed by atoms with Crippen molar-refractivity contribution in [3.05, 3.63) is 57.6 Å². The van der Waals surface area contributed by atoms with E-state index in [2.05, 4.69) is 20.3 Å². The predicted molar refractivity (Wildman–Crippen MR) is 84.4 cm³/mol. The second-order valence-electron chi connectivity index (χ2n) is 4.84. The molecule has 3 rings (SSSR count). The number of aryl methyl sites for hydroxylation is 2.